The zero-order valence-corrected chi connectivity index (χ0v) is 9.44. The second kappa shape index (κ2) is 6.53. The summed E-state index contributed by atoms with van der Waals surface area (Å²) in [6.07, 6.45) is 7.64. The van der Waals surface area contributed by atoms with Gasteiger partial charge in [-0.25, -0.2) is 0 Å². The third kappa shape index (κ3) is 4.56. The summed E-state index contributed by atoms with van der Waals surface area (Å²) in [6.45, 7) is 8.44. The summed E-state index contributed by atoms with van der Waals surface area (Å²) in [4.78, 5) is 0. The number of nitrogens with one attached hydrogen (secondary N) is 1. The Hall–Kier alpha value is -0.980. The Kier molecular flexibility index (Phi) is 6.03. The van der Waals surface area contributed by atoms with E-state index in [0.717, 1.165) is 6.42 Å². The van der Waals surface area contributed by atoms with Crippen molar-refractivity contribution in [3.8, 4) is 0 Å². The lowest BCUT2D eigenvalue weighted by Gasteiger charge is -2.04. The molecule has 74 valence electrons. The number of hydrogen-bond donors (Lipinski definition) is 1. The van der Waals surface area contributed by atoms with Crippen LogP contribution in [0.25, 0.3) is 0 Å². The smallest absolute Gasteiger partial charge is 0.00784 e. The summed E-state index contributed by atoms with van der Waals surface area (Å²) in [5.74, 6) is 0. The van der Waals surface area contributed by atoms with E-state index in [0.29, 0.717) is 0 Å². The van der Waals surface area contributed by atoms with Gasteiger partial charge in [-0.05, 0) is 44.4 Å². The highest BCUT2D eigenvalue weighted by atomic mass is 14.8. The molecular formula is C12H21N. The summed E-state index contributed by atoms with van der Waals surface area (Å²) in [5.41, 5.74) is 3.84. The van der Waals surface area contributed by atoms with Gasteiger partial charge in [-0.15, -0.1) is 0 Å². The summed E-state index contributed by atoms with van der Waals surface area (Å²) >= 11 is 0. The second-order valence-electron chi connectivity index (χ2n) is 3.12. The molecule has 0 amide bonds. The Morgan fingerprint density at radius 3 is 2.31 bits per heavy atom. The van der Waals surface area contributed by atoms with E-state index >= 15 is 0 Å². The van der Waals surface area contributed by atoms with Gasteiger partial charge < -0.3 is 5.32 Å². The summed E-state index contributed by atoms with van der Waals surface area (Å²) in [7, 11) is 1.94. The molecule has 0 aromatic heterocycles. The molecule has 0 aliphatic rings. The van der Waals surface area contributed by atoms with Crippen molar-refractivity contribution in [2.24, 2.45) is 0 Å². The highest BCUT2D eigenvalue weighted by Crippen LogP contribution is 2.12. The van der Waals surface area contributed by atoms with Crippen LogP contribution in [-0.2, 0) is 0 Å². The standard InChI is InChI=1S/C12H21N/c1-6-8-12(10(3)7-2)9-11(4)13-5/h7-9,13H,6H2,1-5H3/b10-7+,11-9+,12-8+. The van der Waals surface area contributed by atoms with Crippen LogP contribution < -0.4 is 5.32 Å². The summed E-state index contributed by atoms with van der Waals surface area (Å²) in [6, 6.07) is 0. The maximum absolute atomic E-state index is 3.13. The molecule has 0 aliphatic carbocycles. The predicted octanol–water partition coefficient (Wildman–Crippen LogP) is 3.41. The quantitative estimate of drug-likeness (QED) is 0.652. The van der Waals surface area contributed by atoms with E-state index in [9.17, 15) is 0 Å². The molecule has 0 saturated carbocycles. The van der Waals surface area contributed by atoms with Crippen LogP contribution in [0, 0.1) is 0 Å². The minimum absolute atomic E-state index is 1.08. The first-order valence-corrected chi connectivity index (χ1v) is 4.85. The Balaban J connectivity index is 4.74. The molecular weight excluding hydrogens is 158 g/mol. The van der Waals surface area contributed by atoms with Crippen molar-refractivity contribution in [2.45, 2.75) is 34.1 Å². The first-order chi connectivity index (χ1) is 6.15. The zero-order valence-electron chi connectivity index (χ0n) is 9.44. The fourth-order valence-corrected chi connectivity index (χ4v) is 1.03. The molecule has 0 rings (SSSR count). The molecule has 0 heterocycles. The molecule has 0 radical (unpaired) electrons. The van der Waals surface area contributed by atoms with Gasteiger partial charge in [0.15, 0.2) is 0 Å². The number of rotatable bonds is 4. The molecule has 1 heteroatoms. The fourth-order valence-electron chi connectivity index (χ4n) is 1.03. The summed E-state index contributed by atoms with van der Waals surface area (Å²) in [5, 5.41) is 3.13. The zero-order chi connectivity index (χ0) is 10.3. The molecule has 1 N–H and O–H groups in total. The molecule has 0 unspecified atom stereocenters. The van der Waals surface area contributed by atoms with Crippen molar-refractivity contribution in [2.75, 3.05) is 7.05 Å². The van der Waals surface area contributed by atoms with Crippen LogP contribution in [0.4, 0.5) is 0 Å². The SMILES string of the molecule is C/C=C(C)/C(/C=C(\C)NC)=C/CC. The van der Waals surface area contributed by atoms with E-state index in [1.54, 1.807) is 0 Å². The molecule has 0 aliphatic heterocycles. The minimum atomic E-state index is 1.08. The lowest BCUT2D eigenvalue weighted by molar-refractivity contribution is 0.985. The Bertz CT molecular complexity index is 232. The van der Waals surface area contributed by atoms with Crippen molar-refractivity contribution in [1.82, 2.24) is 5.32 Å². The van der Waals surface area contributed by atoms with Gasteiger partial charge in [0.2, 0.25) is 0 Å². The van der Waals surface area contributed by atoms with Crippen molar-refractivity contribution in [3.63, 3.8) is 0 Å². The third-order valence-electron chi connectivity index (χ3n) is 2.08. The molecule has 0 atom stereocenters. The van der Waals surface area contributed by atoms with Gasteiger partial charge in [0, 0.05) is 12.7 Å². The van der Waals surface area contributed by atoms with Crippen LogP contribution in [0.5, 0.6) is 0 Å². The second-order valence-corrected chi connectivity index (χ2v) is 3.12. The summed E-state index contributed by atoms with van der Waals surface area (Å²) < 4.78 is 0. The number of hydrogen-bond acceptors (Lipinski definition) is 1. The van der Waals surface area contributed by atoms with Crippen molar-refractivity contribution in [1.29, 1.82) is 0 Å². The van der Waals surface area contributed by atoms with Gasteiger partial charge in [-0.2, -0.15) is 0 Å². The maximum Gasteiger partial charge on any atom is 0.00784 e. The molecule has 0 bridgehead atoms. The van der Waals surface area contributed by atoms with Crippen LogP contribution in [0.2, 0.25) is 0 Å². The van der Waals surface area contributed by atoms with Crippen molar-refractivity contribution in [3.05, 3.63) is 35.1 Å². The Morgan fingerprint density at radius 2 is 1.92 bits per heavy atom. The lowest BCUT2D eigenvalue weighted by atomic mass is 10.1. The topological polar surface area (TPSA) is 12.0 Å². The highest BCUT2D eigenvalue weighted by molar-refractivity contribution is 5.39. The van der Waals surface area contributed by atoms with E-state index < -0.39 is 0 Å². The van der Waals surface area contributed by atoms with E-state index in [-0.39, 0.29) is 0 Å². The van der Waals surface area contributed by atoms with Crippen LogP contribution in [0.1, 0.15) is 34.1 Å². The molecule has 0 aromatic rings. The number of allylic oxidation sites excluding steroid dienone is 6. The van der Waals surface area contributed by atoms with Gasteiger partial charge in [-0.3, -0.25) is 0 Å². The average Bonchev–Trinajstić information content (AvgIpc) is 2.15. The fraction of sp³-hybridized carbons (Fsp3) is 0.500. The van der Waals surface area contributed by atoms with Gasteiger partial charge in [0.05, 0.1) is 0 Å². The van der Waals surface area contributed by atoms with E-state index in [1.807, 2.05) is 7.05 Å². The van der Waals surface area contributed by atoms with Crippen molar-refractivity contribution < 1.29 is 0 Å². The molecule has 0 fully saturated rings. The molecule has 0 spiro atoms. The monoisotopic (exact) mass is 179 g/mol. The Labute approximate surface area is 82.2 Å². The van der Waals surface area contributed by atoms with E-state index in [1.165, 1.54) is 16.8 Å². The van der Waals surface area contributed by atoms with Gasteiger partial charge >= 0.3 is 0 Å². The molecule has 13 heavy (non-hydrogen) atoms. The van der Waals surface area contributed by atoms with Gasteiger partial charge in [-0.1, -0.05) is 19.1 Å². The van der Waals surface area contributed by atoms with E-state index in [2.05, 4.69) is 51.2 Å². The van der Waals surface area contributed by atoms with E-state index in [4.69, 9.17) is 0 Å². The highest BCUT2D eigenvalue weighted by Gasteiger charge is 1.94. The maximum atomic E-state index is 3.13. The van der Waals surface area contributed by atoms with Gasteiger partial charge in [0.25, 0.3) is 0 Å². The molecule has 0 aromatic carbocycles. The predicted molar refractivity (Wildman–Crippen MR) is 60.6 cm³/mol. The average molecular weight is 179 g/mol. The minimum Gasteiger partial charge on any atom is -0.392 e. The molecule has 1 nitrogen and oxygen atoms in total. The van der Waals surface area contributed by atoms with Gasteiger partial charge in [0.1, 0.15) is 0 Å². The molecule has 0 saturated heterocycles. The first-order valence-electron chi connectivity index (χ1n) is 4.85. The normalized spacial score (nSPS) is 14.7. The third-order valence-corrected chi connectivity index (χ3v) is 2.08. The van der Waals surface area contributed by atoms with Crippen LogP contribution in [-0.4, -0.2) is 7.05 Å². The van der Waals surface area contributed by atoms with Crippen molar-refractivity contribution >= 4 is 0 Å². The van der Waals surface area contributed by atoms with Crippen LogP contribution >= 0.6 is 0 Å². The van der Waals surface area contributed by atoms with Crippen LogP contribution in [0.3, 0.4) is 0 Å². The lowest BCUT2D eigenvalue weighted by Crippen LogP contribution is -2.02. The van der Waals surface area contributed by atoms with Crippen LogP contribution in [0.15, 0.2) is 35.1 Å². The first kappa shape index (κ1) is 12.0. The largest absolute Gasteiger partial charge is 0.392 e. The Morgan fingerprint density at radius 1 is 1.31 bits per heavy atom.